The summed E-state index contributed by atoms with van der Waals surface area (Å²) in [4.78, 5) is 0. The van der Waals surface area contributed by atoms with E-state index in [9.17, 15) is 0 Å². The maximum absolute atomic E-state index is 3.25. The summed E-state index contributed by atoms with van der Waals surface area (Å²) in [5.74, 6) is 0. The Morgan fingerprint density at radius 3 is 2.00 bits per heavy atom. The smallest absolute Gasteiger partial charge is 0.158 e. The minimum Gasteiger partial charge on any atom is -1.00 e. The molecule has 0 bridgehead atoms. The molecule has 1 heterocycles. The summed E-state index contributed by atoms with van der Waals surface area (Å²) in [7, 11) is 2.07. The molecule has 2 nitrogen and oxygen atoms in total. The van der Waals surface area contributed by atoms with Gasteiger partial charge in [0.25, 0.3) is 0 Å². The van der Waals surface area contributed by atoms with Crippen LogP contribution in [-0.4, -0.2) is 33.4 Å². The van der Waals surface area contributed by atoms with E-state index in [4.69, 9.17) is 0 Å². The van der Waals surface area contributed by atoms with Crippen molar-refractivity contribution in [3.63, 3.8) is 0 Å². The molecule has 0 radical (unpaired) electrons. The van der Waals surface area contributed by atoms with E-state index < -0.39 is 0 Å². The fraction of sp³-hybridized carbons (Fsp3) is 1.00. The first-order valence-electron chi connectivity index (χ1n) is 2.69. The van der Waals surface area contributed by atoms with Crippen LogP contribution < -0.4 is 17.7 Å². The van der Waals surface area contributed by atoms with Crippen LogP contribution >= 0.6 is 0 Å². The van der Waals surface area contributed by atoms with Gasteiger partial charge >= 0.3 is 0 Å². The molecule has 1 saturated heterocycles. The molecule has 50 valence electrons. The Bertz CT molecular complexity index is 54.4. The lowest BCUT2D eigenvalue weighted by molar-refractivity contribution is -0.110. The first-order chi connectivity index (χ1) is 3.39. The summed E-state index contributed by atoms with van der Waals surface area (Å²) in [5.41, 5.74) is 0. The quantitative estimate of drug-likeness (QED) is 0.347. The minimum atomic E-state index is 0. The highest BCUT2D eigenvalue weighted by Crippen LogP contribution is 1.90. The van der Waals surface area contributed by atoms with Gasteiger partial charge in [-0.3, -0.25) is 0 Å². The third kappa shape index (κ3) is 2.50. The largest absolute Gasteiger partial charge is 1.00 e. The van der Waals surface area contributed by atoms with Crippen LogP contribution in [0.1, 0.15) is 0 Å². The zero-order valence-corrected chi connectivity index (χ0v) is 5.87. The van der Waals surface area contributed by atoms with E-state index in [1.807, 2.05) is 0 Å². The molecule has 0 aromatic carbocycles. The third-order valence-electron chi connectivity index (χ3n) is 1.25. The van der Waals surface area contributed by atoms with Crippen molar-refractivity contribution in [3.8, 4) is 0 Å². The molecule has 1 aliphatic rings. The van der Waals surface area contributed by atoms with E-state index in [2.05, 4.69) is 16.8 Å². The lowest BCUT2D eigenvalue weighted by Gasteiger charge is -2.18. The first-order valence-corrected chi connectivity index (χ1v) is 2.69. The maximum Gasteiger partial charge on any atom is 0.158 e. The van der Waals surface area contributed by atoms with Crippen LogP contribution in [0.25, 0.3) is 0 Å². The molecule has 1 rings (SSSR count). The van der Waals surface area contributed by atoms with Crippen molar-refractivity contribution in [2.45, 2.75) is 0 Å². The van der Waals surface area contributed by atoms with Crippen molar-refractivity contribution in [2.75, 3.05) is 33.4 Å². The molecular formula is C5H12ClNO. The van der Waals surface area contributed by atoms with Crippen LogP contribution in [0.2, 0.25) is 0 Å². The number of hydrogen-bond acceptors (Lipinski definition) is 1. The van der Waals surface area contributed by atoms with Gasteiger partial charge in [-0.05, 0) is 0 Å². The van der Waals surface area contributed by atoms with Crippen LogP contribution in [0.5, 0.6) is 0 Å². The predicted octanol–water partition coefficient (Wildman–Crippen LogP) is -3.22. The van der Waals surface area contributed by atoms with E-state index >= 15 is 0 Å². The van der Waals surface area contributed by atoms with Crippen LogP contribution in [-0.2, 0) is 4.37 Å². The number of nitrogens with one attached hydrogen (secondary N) is 1. The van der Waals surface area contributed by atoms with E-state index in [0.29, 0.717) is 0 Å². The fourth-order valence-electron chi connectivity index (χ4n) is 0.720. The topological polar surface area (TPSA) is 14.7 Å². The maximum atomic E-state index is 3.25. The average molecular weight is 138 g/mol. The Balaban J connectivity index is 0.000000490. The Hall–Kier alpha value is 0.210. The predicted molar refractivity (Wildman–Crippen MR) is 29.6 cm³/mol. The molecule has 0 spiro atoms. The SMILES string of the molecule is C[O+]1CCNCC1.[Cl-]. The lowest BCUT2D eigenvalue weighted by atomic mass is 10.5. The van der Waals surface area contributed by atoms with Gasteiger partial charge < -0.3 is 22.1 Å². The minimum absolute atomic E-state index is 0. The second kappa shape index (κ2) is 4.13. The van der Waals surface area contributed by atoms with Gasteiger partial charge in [0.2, 0.25) is 0 Å². The highest BCUT2D eigenvalue weighted by molar-refractivity contribution is 4.53. The Labute approximate surface area is 56.3 Å². The van der Waals surface area contributed by atoms with Crippen LogP contribution in [0.4, 0.5) is 0 Å². The number of hydrogen-bond donors (Lipinski definition) is 1. The number of rotatable bonds is 0. The van der Waals surface area contributed by atoms with Crippen LogP contribution in [0.15, 0.2) is 0 Å². The molecule has 0 aromatic heterocycles. The second-order valence-electron chi connectivity index (χ2n) is 1.94. The summed E-state index contributed by atoms with van der Waals surface area (Å²) < 4.78 is 3.01. The molecule has 0 atom stereocenters. The first kappa shape index (κ1) is 8.21. The standard InChI is InChI=1S/C5H12NO.ClH/c1-7-4-2-6-3-5-7;/h6H,2-5H2,1H3;1H/q+1;/p-1. The molecule has 0 aliphatic carbocycles. The molecule has 3 heteroatoms. The lowest BCUT2D eigenvalue weighted by Crippen LogP contribution is -3.00. The zero-order chi connectivity index (χ0) is 5.11. The van der Waals surface area contributed by atoms with E-state index in [1.54, 1.807) is 0 Å². The number of morpholine rings is 1. The van der Waals surface area contributed by atoms with Gasteiger partial charge in [-0.1, -0.05) is 0 Å². The van der Waals surface area contributed by atoms with Crippen LogP contribution in [0, 0.1) is 0 Å². The highest BCUT2D eigenvalue weighted by atomic mass is 35.5. The molecule has 1 N–H and O–H groups in total. The molecule has 1 aliphatic heterocycles. The van der Waals surface area contributed by atoms with Crippen molar-refractivity contribution in [3.05, 3.63) is 0 Å². The Morgan fingerprint density at radius 2 is 1.75 bits per heavy atom. The van der Waals surface area contributed by atoms with Crippen molar-refractivity contribution in [1.82, 2.24) is 5.32 Å². The van der Waals surface area contributed by atoms with Gasteiger partial charge in [-0.25, -0.2) is 0 Å². The molecule has 0 aromatic rings. The summed E-state index contributed by atoms with van der Waals surface area (Å²) >= 11 is 0. The van der Waals surface area contributed by atoms with Gasteiger partial charge in [0.05, 0.1) is 13.1 Å². The number of halogens is 1. The van der Waals surface area contributed by atoms with Crippen LogP contribution in [0.3, 0.4) is 0 Å². The van der Waals surface area contributed by atoms with Crippen molar-refractivity contribution >= 4 is 0 Å². The third-order valence-corrected chi connectivity index (χ3v) is 1.25. The second-order valence-corrected chi connectivity index (χ2v) is 1.94. The van der Waals surface area contributed by atoms with E-state index in [-0.39, 0.29) is 12.4 Å². The van der Waals surface area contributed by atoms with Gasteiger partial charge in [-0.15, -0.1) is 0 Å². The van der Waals surface area contributed by atoms with Gasteiger partial charge in [0.15, 0.2) is 13.2 Å². The molecule has 0 unspecified atom stereocenters. The highest BCUT2D eigenvalue weighted by Gasteiger charge is 2.06. The van der Waals surface area contributed by atoms with Crippen molar-refractivity contribution in [1.29, 1.82) is 0 Å². The summed E-state index contributed by atoms with van der Waals surface area (Å²) in [6.45, 7) is 4.50. The normalized spacial score (nSPS) is 22.1. The fourth-order valence-corrected chi connectivity index (χ4v) is 0.720. The summed E-state index contributed by atoms with van der Waals surface area (Å²) in [6, 6.07) is 0. The van der Waals surface area contributed by atoms with Crippen molar-refractivity contribution < 1.29 is 16.8 Å². The molecule has 8 heavy (non-hydrogen) atoms. The monoisotopic (exact) mass is 137 g/mol. The molecular weight excluding hydrogens is 126 g/mol. The zero-order valence-electron chi connectivity index (χ0n) is 5.11. The molecule has 0 amide bonds. The molecule has 1 fully saturated rings. The van der Waals surface area contributed by atoms with Gasteiger partial charge in [0.1, 0.15) is 7.11 Å². The van der Waals surface area contributed by atoms with E-state index in [1.165, 1.54) is 0 Å². The summed E-state index contributed by atoms with van der Waals surface area (Å²) in [5, 5.41) is 3.25. The Morgan fingerprint density at radius 1 is 1.25 bits per heavy atom. The van der Waals surface area contributed by atoms with E-state index in [0.717, 1.165) is 26.3 Å². The van der Waals surface area contributed by atoms with Gasteiger partial charge in [0, 0.05) is 0 Å². The Kier molecular flexibility index (Phi) is 4.23. The summed E-state index contributed by atoms with van der Waals surface area (Å²) in [6.07, 6.45) is 0. The molecule has 0 saturated carbocycles. The average Bonchev–Trinajstić information content (AvgIpc) is 1.69. The van der Waals surface area contributed by atoms with Gasteiger partial charge in [-0.2, -0.15) is 0 Å². The van der Waals surface area contributed by atoms with Crippen molar-refractivity contribution in [2.24, 2.45) is 0 Å².